The summed E-state index contributed by atoms with van der Waals surface area (Å²) in [6, 6.07) is 5.41. The van der Waals surface area contributed by atoms with Crippen LogP contribution >= 0.6 is 0 Å². The van der Waals surface area contributed by atoms with Crippen LogP contribution in [0.1, 0.15) is 31.2 Å². The molecule has 1 aliphatic rings. The Morgan fingerprint density at radius 2 is 1.50 bits per heavy atom. The van der Waals surface area contributed by atoms with Crippen LogP contribution in [-0.4, -0.2) is 11.3 Å². The van der Waals surface area contributed by atoms with Crippen LogP contribution in [0.4, 0.5) is 13.2 Å². The molecular formula is C12H13F3O. The fourth-order valence-electron chi connectivity index (χ4n) is 2.49. The Morgan fingerprint density at radius 1 is 1.00 bits per heavy atom. The highest BCUT2D eigenvalue weighted by Gasteiger charge is 2.56. The van der Waals surface area contributed by atoms with Crippen molar-refractivity contribution in [3.63, 3.8) is 0 Å². The molecule has 0 unspecified atom stereocenters. The summed E-state index contributed by atoms with van der Waals surface area (Å²) in [5.74, 6) is -0.000860. The van der Waals surface area contributed by atoms with Crippen molar-refractivity contribution in [2.24, 2.45) is 0 Å². The van der Waals surface area contributed by atoms with E-state index in [1.807, 2.05) is 0 Å². The summed E-state index contributed by atoms with van der Waals surface area (Å²) in [5.41, 5.74) is -1.42. The van der Waals surface area contributed by atoms with E-state index in [1.165, 1.54) is 24.3 Å². The molecule has 16 heavy (non-hydrogen) atoms. The molecule has 2 rings (SSSR count). The number of rotatable bonds is 1. The molecule has 1 aromatic rings. The second-order valence-electron chi connectivity index (χ2n) is 4.33. The van der Waals surface area contributed by atoms with E-state index in [1.54, 1.807) is 0 Å². The zero-order valence-corrected chi connectivity index (χ0v) is 8.72. The Labute approximate surface area is 91.9 Å². The van der Waals surface area contributed by atoms with Crippen LogP contribution in [0.15, 0.2) is 24.3 Å². The molecule has 1 nitrogen and oxygen atoms in total. The molecule has 0 spiro atoms. The molecule has 1 saturated carbocycles. The summed E-state index contributed by atoms with van der Waals surface area (Å²) in [5, 5.41) is 9.10. The summed E-state index contributed by atoms with van der Waals surface area (Å²) in [6.07, 6.45) is -2.68. The van der Waals surface area contributed by atoms with E-state index in [9.17, 15) is 13.2 Å². The largest absolute Gasteiger partial charge is 0.508 e. The highest BCUT2D eigenvalue weighted by Crippen LogP contribution is 2.52. The maximum atomic E-state index is 13.1. The molecule has 0 saturated heterocycles. The normalized spacial score (nSPS) is 19.9. The van der Waals surface area contributed by atoms with Gasteiger partial charge in [-0.05, 0) is 30.5 Å². The molecule has 1 aromatic carbocycles. The standard InChI is InChI=1S/C12H13F3O/c13-12(14,15)11(7-1-2-8-11)9-3-5-10(16)6-4-9/h3-6,16H,1-2,7-8H2. The van der Waals surface area contributed by atoms with E-state index in [2.05, 4.69) is 0 Å². The van der Waals surface area contributed by atoms with Gasteiger partial charge in [-0.2, -0.15) is 13.2 Å². The smallest absolute Gasteiger partial charge is 0.398 e. The lowest BCUT2D eigenvalue weighted by Crippen LogP contribution is -2.39. The molecule has 1 N–H and O–H groups in total. The lowest BCUT2D eigenvalue weighted by Gasteiger charge is -2.32. The molecule has 0 heterocycles. The predicted molar refractivity (Wildman–Crippen MR) is 54.3 cm³/mol. The van der Waals surface area contributed by atoms with Gasteiger partial charge in [0.1, 0.15) is 5.75 Å². The average molecular weight is 230 g/mol. The Kier molecular flexibility index (Phi) is 2.60. The maximum Gasteiger partial charge on any atom is 0.398 e. The lowest BCUT2D eigenvalue weighted by atomic mass is 9.78. The Morgan fingerprint density at radius 3 is 1.94 bits per heavy atom. The van der Waals surface area contributed by atoms with Gasteiger partial charge in [0.15, 0.2) is 0 Å². The van der Waals surface area contributed by atoms with Gasteiger partial charge in [-0.1, -0.05) is 25.0 Å². The zero-order valence-electron chi connectivity index (χ0n) is 8.72. The first-order valence-corrected chi connectivity index (χ1v) is 5.32. The maximum absolute atomic E-state index is 13.1. The van der Waals surface area contributed by atoms with Crippen molar-refractivity contribution < 1.29 is 18.3 Å². The van der Waals surface area contributed by atoms with Crippen molar-refractivity contribution in [1.29, 1.82) is 0 Å². The molecule has 0 radical (unpaired) electrons. The minimum Gasteiger partial charge on any atom is -0.508 e. The highest BCUT2D eigenvalue weighted by molar-refractivity contribution is 5.33. The average Bonchev–Trinajstić information content (AvgIpc) is 2.68. The van der Waals surface area contributed by atoms with Crippen molar-refractivity contribution in [2.45, 2.75) is 37.3 Å². The summed E-state index contributed by atoms with van der Waals surface area (Å²) < 4.78 is 39.4. The first-order chi connectivity index (χ1) is 7.46. The third kappa shape index (κ3) is 1.66. The van der Waals surface area contributed by atoms with Gasteiger partial charge in [0, 0.05) is 0 Å². The predicted octanol–water partition coefficient (Wildman–Crippen LogP) is 3.77. The van der Waals surface area contributed by atoms with Crippen molar-refractivity contribution in [3.8, 4) is 5.75 Å². The second kappa shape index (κ2) is 3.68. The van der Waals surface area contributed by atoms with Crippen LogP contribution in [0.2, 0.25) is 0 Å². The van der Waals surface area contributed by atoms with E-state index in [4.69, 9.17) is 5.11 Å². The minimum atomic E-state index is -4.21. The van der Waals surface area contributed by atoms with Gasteiger partial charge in [-0.3, -0.25) is 0 Å². The fraction of sp³-hybridized carbons (Fsp3) is 0.500. The second-order valence-corrected chi connectivity index (χ2v) is 4.33. The van der Waals surface area contributed by atoms with Crippen LogP contribution in [-0.2, 0) is 5.41 Å². The third-order valence-electron chi connectivity index (χ3n) is 3.42. The van der Waals surface area contributed by atoms with Gasteiger partial charge in [0.05, 0.1) is 5.41 Å². The molecule has 88 valence electrons. The fourth-order valence-corrected chi connectivity index (χ4v) is 2.49. The van der Waals surface area contributed by atoms with E-state index >= 15 is 0 Å². The van der Waals surface area contributed by atoms with Crippen LogP contribution in [0.5, 0.6) is 5.75 Å². The van der Waals surface area contributed by atoms with Gasteiger partial charge in [0.2, 0.25) is 0 Å². The molecule has 0 amide bonds. The van der Waals surface area contributed by atoms with Crippen molar-refractivity contribution in [2.75, 3.05) is 0 Å². The molecule has 4 heteroatoms. The van der Waals surface area contributed by atoms with E-state index in [0.717, 1.165) is 0 Å². The summed E-state index contributed by atoms with van der Waals surface area (Å²) in [7, 11) is 0. The van der Waals surface area contributed by atoms with Crippen LogP contribution in [0, 0.1) is 0 Å². The topological polar surface area (TPSA) is 20.2 Å². The Balaban J connectivity index is 2.44. The van der Waals surface area contributed by atoms with Gasteiger partial charge in [0.25, 0.3) is 0 Å². The van der Waals surface area contributed by atoms with Crippen molar-refractivity contribution in [1.82, 2.24) is 0 Å². The number of hydrogen-bond acceptors (Lipinski definition) is 1. The van der Waals surface area contributed by atoms with Gasteiger partial charge < -0.3 is 5.11 Å². The zero-order chi connectivity index (χ0) is 11.8. The molecule has 0 aliphatic heterocycles. The number of benzene rings is 1. The first-order valence-electron chi connectivity index (χ1n) is 5.32. The summed E-state index contributed by atoms with van der Waals surface area (Å²) in [4.78, 5) is 0. The number of hydrogen-bond donors (Lipinski definition) is 1. The van der Waals surface area contributed by atoms with Crippen molar-refractivity contribution in [3.05, 3.63) is 29.8 Å². The highest BCUT2D eigenvalue weighted by atomic mass is 19.4. The van der Waals surface area contributed by atoms with Crippen LogP contribution in [0.25, 0.3) is 0 Å². The number of aromatic hydroxyl groups is 1. The number of phenolic OH excluding ortho intramolecular Hbond substituents is 1. The van der Waals surface area contributed by atoms with Crippen LogP contribution in [0.3, 0.4) is 0 Å². The Hall–Kier alpha value is -1.19. The third-order valence-corrected chi connectivity index (χ3v) is 3.42. The first kappa shape index (κ1) is 11.3. The SMILES string of the molecule is Oc1ccc(C2(C(F)(F)F)CCCC2)cc1. The number of halogens is 3. The quantitative estimate of drug-likeness (QED) is 0.778. The van der Waals surface area contributed by atoms with Gasteiger partial charge in [-0.25, -0.2) is 0 Å². The Bertz CT molecular complexity index is 361. The minimum absolute atomic E-state index is 0.000860. The molecule has 0 aromatic heterocycles. The summed E-state index contributed by atoms with van der Waals surface area (Å²) >= 11 is 0. The number of alkyl halides is 3. The van der Waals surface area contributed by atoms with E-state index in [0.29, 0.717) is 12.8 Å². The molecular weight excluding hydrogens is 217 g/mol. The molecule has 1 fully saturated rings. The lowest BCUT2D eigenvalue weighted by molar-refractivity contribution is -0.189. The van der Waals surface area contributed by atoms with Crippen LogP contribution < -0.4 is 0 Å². The molecule has 0 bridgehead atoms. The van der Waals surface area contributed by atoms with Gasteiger partial charge in [-0.15, -0.1) is 0 Å². The molecule has 0 atom stereocenters. The van der Waals surface area contributed by atoms with E-state index < -0.39 is 11.6 Å². The summed E-state index contributed by atoms with van der Waals surface area (Å²) in [6.45, 7) is 0. The monoisotopic (exact) mass is 230 g/mol. The van der Waals surface area contributed by atoms with Gasteiger partial charge >= 0.3 is 6.18 Å². The molecule has 1 aliphatic carbocycles. The number of phenols is 1. The van der Waals surface area contributed by atoms with Crippen molar-refractivity contribution >= 4 is 0 Å². The van der Waals surface area contributed by atoms with E-state index in [-0.39, 0.29) is 24.2 Å².